The monoisotopic (exact) mass is 479 g/mol. The minimum Gasteiger partial charge on any atom is -0.378 e. The molecule has 1 saturated carbocycles. The number of amidine groups is 1. The molecule has 0 N–H and O–H groups in total. The molecule has 1 aromatic carbocycles. The van der Waals surface area contributed by atoms with E-state index in [0.717, 1.165) is 41.6 Å². The highest BCUT2D eigenvalue weighted by Gasteiger charge is 2.46. The molecule has 8 heteroatoms. The molecule has 3 aliphatic heterocycles. The van der Waals surface area contributed by atoms with E-state index in [-0.39, 0.29) is 12.1 Å². The van der Waals surface area contributed by atoms with E-state index in [4.69, 9.17) is 26.3 Å². The molecule has 1 unspecified atom stereocenters. The molecule has 2 fully saturated rings. The smallest absolute Gasteiger partial charge is 0.330 e. The van der Waals surface area contributed by atoms with Gasteiger partial charge in [0.2, 0.25) is 0 Å². The van der Waals surface area contributed by atoms with Crippen molar-refractivity contribution in [1.82, 2.24) is 9.88 Å². The van der Waals surface area contributed by atoms with Crippen molar-refractivity contribution in [3.63, 3.8) is 0 Å². The summed E-state index contributed by atoms with van der Waals surface area (Å²) in [5, 5.41) is 0.691. The van der Waals surface area contributed by atoms with E-state index in [0.29, 0.717) is 37.2 Å². The molecule has 1 atom stereocenters. The Morgan fingerprint density at radius 1 is 1.06 bits per heavy atom. The molecule has 6 rings (SSSR count). The van der Waals surface area contributed by atoms with Crippen molar-refractivity contribution in [3.8, 4) is 0 Å². The van der Waals surface area contributed by atoms with Crippen LogP contribution in [0, 0.1) is 5.92 Å². The summed E-state index contributed by atoms with van der Waals surface area (Å²) in [6.07, 6.45) is 8.04. The van der Waals surface area contributed by atoms with E-state index in [9.17, 15) is 4.79 Å². The second-order valence-electron chi connectivity index (χ2n) is 9.66. The normalized spacial score (nSPS) is 23.1. The van der Waals surface area contributed by atoms with Gasteiger partial charge in [0, 0.05) is 18.1 Å². The van der Waals surface area contributed by atoms with Crippen LogP contribution in [0.2, 0.25) is 5.02 Å². The second kappa shape index (κ2) is 9.19. The van der Waals surface area contributed by atoms with Crippen molar-refractivity contribution in [1.29, 1.82) is 0 Å². The van der Waals surface area contributed by atoms with E-state index in [1.807, 2.05) is 40.3 Å². The number of urea groups is 1. The van der Waals surface area contributed by atoms with Crippen LogP contribution in [-0.2, 0) is 11.3 Å². The fraction of sp³-hybridized carbons (Fsp3) is 0.500. The molecule has 1 aromatic heterocycles. The van der Waals surface area contributed by atoms with Gasteiger partial charge in [0.15, 0.2) is 5.84 Å². The lowest BCUT2D eigenvalue weighted by Gasteiger charge is -2.41. The summed E-state index contributed by atoms with van der Waals surface area (Å²) in [6.45, 7) is 4.19. The van der Waals surface area contributed by atoms with Crippen LogP contribution in [0.25, 0.3) is 0 Å². The minimum absolute atomic E-state index is 0.00945. The number of hydrogen-bond acceptors (Lipinski definition) is 5. The van der Waals surface area contributed by atoms with Crippen molar-refractivity contribution < 1.29 is 9.53 Å². The summed E-state index contributed by atoms with van der Waals surface area (Å²) in [6, 6.07) is 9.97. The molecular weight excluding hydrogens is 450 g/mol. The fourth-order valence-electron chi connectivity index (χ4n) is 5.77. The van der Waals surface area contributed by atoms with Gasteiger partial charge in [-0.15, -0.1) is 0 Å². The maximum atomic E-state index is 14.1. The van der Waals surface area contributed by atoms with Crippen LogP contribution in [0.4, 0.5) is 16.2 Å². The van der Waals surface area contributed by atoms with Gasteiger partial charge in [-0.2, -0.15) is 0 Å². The Morgan fingerprint density at radius 3 is 2.59 bits per heavy atom. The van der Waals surface area contributed by atoms with Gasteiger partial charge in [0.05, 0.1) is 49.9 Å². The van der Waals surface area contributed by atoms with E-state index in [1.54, 1.807) is 0 Å². The number of carbonyl (C=O) groups is 1. The zero-order valence-corrected chi connectivity index (χ0v) is 20.1. The zero-order valence-electron chi connectivity index (χ0n) is 19.3. The first-order valence-corrected chi connectivity index (χ1v) is 12.8. The number of hydrogen-bond donors (Lipinski definition) is 0. The third kappa shape index (κ3) is 3.95. The largest absolute Gasteiger partial charge is 0.378 e. The number of nitrogens with zero attached hydrogens (tertiary/aromatic N) is 5. The molecule has 4 aliphatic rings. The number of amides is 2. The van der Waals surface area contributed by atoms with Crippen LogP contribution in [0.1, 0.15) is 43.4 Å². The Kier molecular flexibility index (Phi) is 5.91. The van der Waals surface area contributed by atoms with Crippen LogP contribution in [0.15, 0.2) is 41.5 Å². The average Bonchev–Trinajstić information content (AvgIpc) is 3.34. The lowest BCUT2D eigenvalue weighted by Crippen LogP contribution is -2.55. The number of fused-ring (bicyclic) bond motifs is 3. The predicted octanol–water partition coefficient (Wildman–Crippen LogP) is 4.72. The van der Waals surface area contributed by atoms with Crippen LogP contribution in [0.5, 0.6) is 0 Å². The molecule has 178 valence electrons. The van der Waals surface area contributed by atoms with Crippen LogP contribution < -0.4 is 9.80 Å². The highest BCUT2D eigenvalue weighted by molar-refractivity contribution is 6.30. The van der Waals surface area contributed by atoms with Gasteiger partial charge in [0.25, 0.3) is 0 Å². The van der Waals surface area contributed by atoms with Crippen molar-refractivity contribution >= 4 is 34.8 Å². The molecule has 4 heterocycles. The lowest BCUT2D eigenvalue weighted by atomic mass is 9.83. The Labute approximate surface area is 205 Å². The SMILES string of the molecule is O=C1N(Cc2ccc(Cl)cc2)c2cc(N3CCOCC3)cnc2C2=NCC(C3CCCCC3)N12. The standard InChI is InChI=1S/C26H30ClN5O2/c27-20-8-6-18(7-9-20)17-31-22-14-21(30-10-12-34-13-11-30)15-28-24(22)25-29-16-23(32(25)26(31)33)19-4-2-1-3-5-19/h6-9,14-15,19,23H,1-5,10-13,16-17H2. The molecule has 7 nitrogen and oxygen atoms in total. The first-order chi connectivity index (χ1) is 16.7. The number of rotatable bonds is 4. The fourth-order valence-corrected chi connectivity index (χ4v) is 5.89. The third-order valence-electron chi connectivity index (χ3n) is 7.60. The van der Waals surface area contributed by atoms with Crippen molar-refractivity contribution in [3.05, 3.63) is 52.8 Å². The van der Waals surface area contributed by atoms with Crippen molar-refractivity contribution in [2.45, 2.75) is 44.7 Å². The maximum absolute atomic E-state index is 14.1. The molecular formula is C26H30ClN5O2. The number of morpholine rings is 1. The first kappa shape index (κ1) is 21.9. The molecule has 34 heavy (non-hydrogen) atoms. The number of ether oxygens (including phenoxy) is 1. The van der Waals surface area contributed by atoms with Crippen LogP contribution >= 0.6 is 11.6 Å². The van der Waals surface area contributed by atoms with Crippen LogP contribution in [0.3, 0.4) is 0 Å². The molecule has 1 aliphatic carbocycles. The van der Waals surface area contributed by atoms with Crippen molar-refractivity contribution in [2.24, 2.45) is 10.9 Å². The summed E-state index contributed by atoms with van der Waals surface area (Å²) >= 11 is 6.12. The molecule has 1 saturated heterocycles. The minimum atomic E-state index is 0.00945. The van der Waals surface area contributed by atoms with Gasteiger partial charge in [-0.05, 0) is 42.5 Å². The van der Waals surface area contributed by atoms with Gasteiger partial charge in [-0.1, -0.05) is 43.0 Å². The molecule has 2 amide bonds. The number of pyridine rings is 1. The topological polar surface area (TPSA) is 61.3 Å². The highest BCUT2D eigenvalue weighted by atomic mass is 35.5. The summed E-state index contributed by atoms with van der Waals surface area (Å²) in [7, 11) is 0. The molecule has 0 spiro atoms. The van der Waals surface area contributed by atoms with E-state index < -0.39 is 0 Å². The van der Waals surface area contributed by atoms with Gasteiger partial charge in [0.1, 0.15) is 5.69 Å². The van der Waals surface area contributed by atoms with E-state index >= 15 is 0 Å². The predicted molar refractivity (Wildman–Crippen MR) is 134 cm³/mol. The number of aliphatic imine (C=N–C) groups is 1. The number of halogens is 1. The van der Waals surface area contributed by atoms with E-state index in [1.165, 1.54) is 32.1 Å². The second-order valence-corrected chi connectivity index (χ2v) is 10.1. The van der Waals surface area contributed by atoms with Gasteiger partial charge in [-0.3, -0.25) is 14.8 Å². The molecule has 0 bridgehead atoms. The zero-order chi connectivity index (χ0) is 23.1. The Balaban J connectivity index is 1.38. The Morgan fingerprint density at radius 2 is 1.82 bits per heavy atom. The highest BCUT2D eigenvalue weighted by Crippen LogP contribution is 2.39. The Hall–Kier alpha value is -2.64. The van der Waals surface area contributed by atoms with Gasteiger partial charge in [-0.25, -0.2) is 9.78 Å². The van der Waals surface area contributed by atoms with Gasteiger partial charge < -0.3 is 9.64 Å². The number of anilines is 2. The summed E-state index contributed by atoms with van der Waals surface area (Å²) in [5.74, 6) is 1.25. The average molecular weight is 480 g/mol. The van der Waals surface area contributed by atoms with E-state index in [2.05, 4.69) is 11.0 Å². The van der Waals surface area contributed by atoms with Crippen LogP contribution in [-0.4, -0.2) is 60.6 Å². The van der Waals surface area contributed by atoms with Crippen molar-refractivity contribution in [2.75, 3.05) is 42.6 Å². The summed E-state index contributed by atoms with van der Waals surface area (Å²) < 4.78 is 5.52. The Bertz CT molecular complexity index is 1090. The summed E-state index contributed by atoms with van der Waals surface area (Å²) in [4.78, 5) is 29.9. The number of benzene rings is 1. The summed E-state index contributed by atoms with van der Waals surface area (Å²) in [5.41, 5.74) is 3.70. The van der Waals surface area contributed by atoms with Gasteiger partial charge >= 0.3 is 6.03 Å². The quantitative estimate of drug-likeness (QED) is 0.636. The number of aromatic nitrogens is 1. The number of carbonyl (C=O) groups excluding carboxylic acids is 1. The molecule has 0 radical (unpaired) electrons. The molecule has 2 aromatic rings. The third-order valence-corrected chi connectivity index (χ3v) is 7.86. The first-order valence-electron chi connectivity index (χ1n) is 12.4. The lowest BCUT2D eigenvalue weighted by molar-refractivity contribution is 0.122. The maximum Gasteiger partial charge on any atom is 0.330 e.